The number of nitrogens with one attached hydrogen (secondary N) is 2. The summed E-state index contributed by atoms with van der Waals surface area (Å²) in [6, 6.07) is 2.28. The maximum atomic E-state index is 8.72. The van der Waals surface area contributed by atoms with Gasteiger partial charge in [-0.05, 0) is 25.1 Å². The van der Waals surface area contributed by atoms with Crippen molar-refractivity contribution in [3.63, 3.8) is 0 Å². The van der Waals surface area contributed by atoms with Gasteiger partial charge in [-0.1, -0.05) is 0 Å². The van der Waals surface area contributed by atoms with Gasteiger partial charge in [-0.2, -0.15) is 0 Å². The molecule has 0 aliphatic heterocycles. The Balaban J connectivity index is 2.56. The molecular weight excluding hydrogens is 140 g/mol. The van der Waals surface area contributed by atoms with Gasteiger partial charge in [0, 0.05) is 25.0 Å². The van der Waals surface area contributed by atoms with Crippen molar-refractivity contribution in [1.82, 2.24) is 10.3 Å². The largest absolute Gasteiger partial charge is 0.396 e. The van der Waals surface area contributed by atoms with E-state index in [4.69, 9.17) is 5.11 Å². The van der Waals surface area contributed by atoms with Crippen LogP contribution in [0.25, 0.3) is 0 Å². The van der Waals surface area contributed by atoms with Crippen LogP contribution in [-0.2, 0) is 0 Å². The number of hydrogen-bond acceptors (Lipinski definition) is 2. The molecule has 1 rings (SSSR count). The molecule has 0 amide bonds. The maximum absolute atomic E-state index is 8.72. The van der Waals surface area contributed by atoms with E-state index in [1.54, 1.807) is 0 Å². The standard InChI is InChI=1S/C8H14N2O/c1-9-8(3-5-11)7-2-4-10-6-7/h2,4,6,8-11H,3,5H2,1H3. The van der Waals surface area contributed by atoms with Crippen molar-refractivity contribution >= 4 is 0 Å². The van der Waals surface area contributed by atoms with Gasteiger partial charge in [-0.3, -0.25) is 0 Å². The lowest BCUT2D eigenvalue weighted by Crippen LogP contribution is -2.16. The summed E-state index contributed by atoms with van der Waals surface area (Å²) in [4.78, 5) is 2.98. The number of aliphatic hydroxyl groups is 1. The van der Waals surface area contributed by atoms with Crippen molar-refractivity contribution in [2.75, 3.05) is 13.7 Å². The number of rotatable bonds is 4. The molecule has 0 fully saturated rings. The van der Waals surface area contributed by atoms with Crippen molar-refractivity contribution in [3.05, 3.63) is 24.0 Å². The highest BCUT2D eigenvalue weighted by molar-refractivity contribution is 5.13. The molecule has 0 aliphatic rings. The molecule has 1 aromatic rings. The van der Waals surface area contributed by atoms with Gasteiger partial charge in [0.2, 0.25) is 0 Å². The minimum Gasteiger partial charge on any atom is -0.396 e. The van der Waals surface area contributed by atoms with E-state index in [-0.39, 0.29) is 12.6 Å². The second-order valence-electron chi connectivity index (χ2n) is 2.50. The lowest BCUT2D eigenvalue weighted by molar-refractivity contribution is 0.269. The first-order chi connectivity index (χ1) is 5.38. The van der Waals surface area contributed by atoms with Crippen LogP contribution in [0.2, 0.25) is 0 Å². The maximum Gasteiger partial charge on any atom is 0.0449 e. The molecule has 0 saturated carbocycles. The van der Waals surface area contributed by atoms with Gasteiger partial charge < -0.3 is 15.4 Å². The number of hydrogen-bond donors (Lipinski definition) is 3. The van der Waals surface area contributed by atoms with Gasteiger partial charge in [0.1, 0.15) is 0 Å². The van der Waals surface area contributed by atoms with Gasteiger partial charge in [0.05, 0.1) is 0 Å². The molecule has 0 bridgehead atoms. The fourth-order valence-corrected chi connectivity index (χ4v) is 1.16. The Bertz CT molecular complexity index is 184. The topological polar surface area (TPSA) is 48.0 Å². The third-order valence-electron chi connectivity index (χ3n) is 1.79. The van der Waals surface area contributed by atoms with Crippen LogP contribution in [0, 0.1) is 0 Å². The smallest absolute Gasteiger partial charge is 0.0449 e. The molecule has 0 aliphatic carbocycles. The average molecular weight is 154 g/mol. The quantitative estimate of drug-likeness (QED) is 0.596. The second-order valence-corrected chi connectivity index (χ2v) is 2.50. The van der Waals surface area contributed by atoms with Crippen molar-refractivity contribution < 1.29 is 5.11 Å². The van der Waals surface area contributed by atoms with Gasteiger partial charge in [0.15, 0.2) is 0 Å². The predicted octanol–water partition coefficient (Wildman–Crippen LogP) is 0.658. The Labute approximate surface area is 66.4 Å². The van der Waals surface area contributed by atoms with Crippen molar-refractivity contribution in [3.8, 4) is 0 Å². The van der Waals surface area contributed by atoms with E-state index in [0.717, 1.165) is 6.42 Å². The summed E-state index contributed by atoms with van der Waals surface area (Å²) in [6.07, 6.45) is 4.59. The zero-order valence-electron chi connectivity index (χ0n) is 6.67. The van der Waals surface area contributed by atoms with Crippen LogP contribution in [0.3, 0.4) is 0 Å². The molecule has 3 nitrogen and oxygen atoms in total. The number of aromatic amines is 1. The van der Waals surface area contributed by atoms with Crippen molar-refractivity contribution in [2.24, 2.45) is 0 Å². The molecule has 11 heavy (non-hydrogen) atoms. The predicted molar refractivity (Wildman–Crippen MR) is 44.3 cm³/mol. The Morgan fingerprint density at radius 1 is 1.73 bits per heavy atom. The second kappa shape index (κ2) is 4.16. The molecule has 1 unspecified atom stereocenters. The number of aromatic nitrogens is 1. The number of H-pyrrole nitrogens is 1. The highest BCUT2D eigenvalue weighted by atomic mass is 16.3. The van der Waals surface area contributed by atoms with Gasteiger partial charge in [0.25, 0.3) is 0 Å². The minimum atomic E-state index is 0.219. The highest BCUT2D eigenvalue weighted by Crippen LogP contribution is 2.13. The van der Waals surface area contributed by atoms with Crippen molar-refractivity contribution in [2.45, 2.75) is 12.5 Å². The van der Waals surface area contributed by atoms with E-state index in [1.165, 1.54) is 5.56 Å². The third-order valence-corrected chi connectivity index (χ3v) is 1.79. The summed E-state index contributed by atoms with van der Waals surface area (Å²) < 4.78 is 0. The van der Waals surface area contributed by atoms with Gasteiger partial charge in [-0.25, -0.2) is 0 Å². The number of aliphatic hydroxyl groups excluding tert-OH is 1. The molecule has 0 radical (unpaired) electrons. The highest BCUT2D eigenvalue weighted by Gasteiger charge is 2.07. The van der Waals surface area contributed by atoms with Crippen LogP contribution in [0.5, 0.6) is 0 Å². The molecule has 0 aromatic carbocycles. The average Bonchev–Trinajstić information content (AvgIpc) is 2.52. The molecule has 3 heteroatoms. The summed E-state index contributed by atoms with van der Waals surface area (Å²) >= 11 is 0. The minimum absolute atomic E-state index is 0.219. The summed E-state index contributed by atoms with van der Waals surface area (Å²) in [5.41, 5.74) is 1.20. The summed E-state index contributed by atoms with van der Waals surface area (Å²) in [6.45, 7) is 0.219. The SMILES string of the molecule is CNC(CCO)c1cc[nH]c1. The van der Waals surface area contributed by atoms with Crippen LogP contribution in [-0.4, -0.2) is 23.7 Å². The van der Waals surface area contributed by atoms with E-state index >= 15 is 0 Å². The van der Waals surface area contributed by atoms with E-state index in [1.807, 2.05) is 25.5 Å². The Morgan fingerprint density at radius 3 is 3.00 bits per heavy atom. The lowest BCUT2D eigenvalue weighted by Gasteiger charge is -2.12. The van der Waals surface area contributed by atoms with Gasteiger partial charge >= 0.3 is 0 Å². The fourth-order valence-electron chi connectivity index (χ4n) is 1.16. The zero-order chi connectivity index (χ0) is 8.10. The van der Waals surface area contributed by atoms with Crippen LogP contribution >= 0.6 is 0 Å². The molecule has 0 saturated heterocycles. The molecule has 3 N–H and O–H groups in total. The van der Waals surface area contributed by atoms with Crippen molar-refractivity contribution in [1.29, 1.82) is 0 Å². The molecule has 1 heterocycles. The fraction of sp³-hybridized carbons (Fsp3) is 0.500. The normalized spacial score (nSPS) is 13.3. The summed E-state index contributed by atoms with van der Waals surface area (Å²) in [7, 11) is 1.90. The van der Waals surface area contributed by atoms with Crippen LogP contribution in [0.15, 0.2) is 18.5 Å². The summed E-state index contributed by atoms with van der Waals surface area (Å²) in [5.74, 6) is 0. The molecule has 1 atom stereocenters. The lowest BCUT2D eigenvalue weighted by atomic mass is 10.1. The van der Waals surface area contributed by atoms with Crippen LogP contribution in [0.1, 0.15) is 18.0 Å². The Hall–Kier alpha value is -0.800. The monoisotopic (exact) mass is 154 g/mol. The molecule has 0 spiro atoms. The first-order valence-corrected chi connectivity index (χ1v) is 3.79. The Kier molecular flexibility index (Phi) is 3.14. The van der Waals surface area contributed by atoms with E-state index in [9.17, 15) is 0 Å². The zero-order valence-corrected chi connectivity index (χ0v) is 6.67. The third kappa shape index (κ3) is 2.06. The first kappa shape index (κ1) is 8.30. The van der Waals surface area contributed by atoms with Crippen LogP contribution in [0.4, 0.5) is 0 Å². The van der Waals surface area contributed by atoms with Gasteiger partial charge in [-0.15, -0.1) is 0 Å². The van der Waals surface area contributed by atoms with Crippen LogP contribution < -0.4 is 5.32 Å². The first-order valence-electron chi connectivity index (χ1n) is 3.79. The summed E-state index contributed by atoms with van der Waals surface area (Å²) in [5, 5.41) is 11.8. The van der Waals surface area contributed by atoms with E-state index in [2.05, 4.69) is 10.3 Å². The van der Waals surface area contributed by atoms with E-state index < -0.39 is 0 Å². The molecule has 62 valence electrons. The Morgan fingerprint density at radius 2 is 2.55 bits per heavy atom. The molecular formula is C8H14N2O. The molecule has 1 aromatic heterocycles. The van der Waals surface area contributed by atoms with E-state index in [0.29, 0.717) is 0 Å².